The van der Waals surface area contributed by atoms with Gasteiger partial charge >= 0.3 is 11.9 Å². The van der Waals surface area contributed by atoms with Gasteiger partial charge in [-0.25, -0.2) is 4.79 Å². The highest BCUT2D eigenvalue weighted by Gasteiger charge is 2.43. The number of carboxylic acids is 1. The van der Waals surface area contributed by atoms with Gasteiger partial charge in [0.05, 0.1) is 19.1 Å². The molecule has 1 aromatic rings. The van der Waals surface area contributed by atoms with Crippen molar-refractivity contribution in [1.29, 1.82) is 0 Å². The van der Waals surface area contributed by atoms with Crippen LogP contribution in [-0.2, 0) is 15.3 Å². The summed E-state index contributed by atoms with van der Waals surface area (Å²) in [6.07, 6.45) is 2.32. The van der Waals surface area contributed by atoms with Gasteiger partial charge in [0.1, 0.15) is 0 Å². The van der Waals surface area contributed by atoms with Crippen LogP contribution in [0.2, 0.25) is 0 Å². The molecule has 0 amide bonds. The van der Waals surface area contributed by atoms with Crippen LogP contribution < -0.4 is 0 Å². The van der Waals surface area contributed by atoms with Gasteiger partial charge < -0.3 is 9.84 Å². The molecular formula is C15H18O4S. The van der Waals surface area contributed by atoms with Crippen molar-refractivity contribution >= 4 is 23.7 Å². The molecule has 2 rings (SSSR count). The van der Waals surface area contributed by atoms with E-state index in [9.17, 15) is 9.59 Å². The van der Waals surface area contributed by atoms with Crippen molar-refractivity contribution in [3.05, 3.63) is 35.4 Å². The molecule has 0 radical (unpaired) electrons. The minimum Gasteiger partial charge on any atom is -0.481 e. The van der Waals surface area contributed by atoms with Crippen LogP contribution in [0.5, 0.6) is 0 Å². The molecule has 0 unspecified atom stereocenters. The number of rotatable bonds is 7. The summed E-state index contributed by atoms with van der Waals surface area (Å²) in [6.45, 7) is 0. The minimum absolute atomic E-state index is 0.0302. The second kappa shape index (κ2) is 6.31. The van der Waals surface area contributed by atoms with Gasteiger partial charge in [-0.2, -0.15) is 11.8 Å². The van der Waals surface area contributed by atoms with Crippen LogP contribution in [0.1, 0.15) is 35.2 Å². The lowest BCUT2D eigenvalue weighted by Gasteiger charge is -2.11. The van der Waals surface area contributed by atoms with E-state index in [1.165, 1.54) is 7.11 Å². The number of esters is 1. The molecule has 1 aliphatic carbocycles. The maximum Gasteiger partial charge on any atom is 0.337 e. The Labute approximate surface area is 122 Å². The number of carbonyl (C=O) groups is 2. The van der Waals surface area contributed by atoms with Gasteiger partial charge in [0.2, 0.25) is 0 Å². The van der Waals surface area contributed by atoms with Crippen LogP contribution in [-0.4, -0.2) is 29.9 Å². The predicted molar refractivity (Wildman–Crippen MR) is 77.9 cm³/mol. The number of methoxy groups -OCH3 is 1. The predicted octanol–water partition coefficient (Wildman–Crippen LogP) is 2.96. The van der Waals surface area contributed by atoms with E-state index in [1.807, 2.05) is 12.1 Å². The first-order valence-corrected chi connectivity index (χ1v) is 7.67. The second-order valence-electron chi connectivity index (χ2n) is 5.25. The van der Waals surface area contributed by atoms with Gasteiger partial charge in [0.25, 0.3) is 0 Å². The number of benzene rings is 1. The Morgan fingerprint density at radius 1 is 1.30 bits per heavy atom. The molecule has 1 aliphatic rings. The molecule has 0 aromatic heterocycles. The summed E-state index contributed by atoms with van der Waals surface area (Å²) in [6, 6.07) is 7.34. The van der Waals surface area contributed by atoms with Crippen LogP contribution in [0, 0.1) is 5.41 Å². The lowest BCUT2D eigenvalue weighted by atomic mass is 10.1. The highest BCUT2D eigenvalue weighted by molar-refractivity contribution is 7.98. The van der Waals surface area contributed by atoms with Crippen molar-refractivity contribution in [2.45, 2.75) is 25.0 Å². The summed E-state index contributed by atoms with van der Waals surface area (Å²) in [5.74, 6) is 0.689. The maximum atomic E-state index is 11.3. The third-order valence-electron chi connectivity index (χ3n) is 3.54. The topological polar surface area (TPSA) is 63.6 Å². The van der Waals surface area contributed by atoms with E-state index in [1.54, 1.807) is 23.9 Å². The van der Waals surface area contributed by atoms with Crippen molar-refractivity contribution in [2.75, 3.05) is 12.9 Å². The van der Waals surface area contributed by atoms with E-state index in [4.69, 9.17) is 5.11 Å². The van der Waals surface area contributed by atoms with Crippen LogP contribution in [0.25, 0.3) is 0 Å². The normalized spacial score (nSPS) is 15.7. The summed E-state index contributed by atoms with van der Waals surface area (Å²) in [7, 11) is 1.36. The number of hydrogen-bond donors (Lipinski definition) is 1. The van der Waals surface area contributed by atoms with Crippen molar-refractivity contribution in [3.8, 4) is 0 Å². The van der Waals surface area contributed by atoms with Gasteiger partial charge in [-0.15, -0.1) is 0 Å². The monoisotopic (exact) mass is 294 g/mol. The lowest BCUT2D eigenvalue weighted by molar-refractivity contribution is -0.138. The van der Waals surface area contributed by atoms with Crippen LogP contribution >= 0.6 is 11.8 Å². The Balaban J connectivity index is 1.80. The smallest absolute Gasteiger partial charge is 0.337 e. The zero-order chi connectivity index (χ0) is 14.6. The average Bonchev–Trinajstić information content (AvgIpc) is 3.17. The Kier molecular flexibility index (Phi) is 4.70. The fourth-order valence-electron chi connectivity index (χ4n) is 2.11. The molecule has 1 saturated carbocycles. The van der Waals surface area contributed by atoms with Crippen molar-refractivity contribution in [3.63, 3.8) is 0 Å². The molecule has 1 fully saturated rings. The quantitative estimate of drug-likeness (QED) is 0.783. The number of carboxylic acid groups (broad SMARTS) is 1. The highest BCUT2D eigenvalue weighted by atomic mass is 32.2. The molecule has 0 bridgehead atoms. The fourth-order valence-corrected chi connectivity index (χ4v) is 3.46. The Hall–Kier alpha value is -1.49. The zero-order valence-corrected chi connectivity index (χ0v) is 12.2. The van der Waals surface area contributed by atoms with Crippen LogP contribution in [0.15, 0.2) is 24.3 Å². The summed E-state index contributed by atoms with van der Waals surface area (Å²) in [5, 5.41) is 8.86. The largest absolute Gasteiger partial charge is 0.481 e. The Bertz CT molecular complexity index is 491. The summed E-state index contributed by atoms with van der Waals surface area (Å²) in [5.41, 5.74) is 1.71. The molecule has 1 aromatic carbocycles. The Morgan fingerprint density at radius 2 is 1.95 bits per heavy atom. The molecule has 0 aliphatic heterocycles. The van der Waals surface area contributed by atoms with E-state index >= 15 is 0 Å². The van der Waals surface area contributed by atoms with E-state index in [0.29, 0.717) is 5.56 Å². The lowest BCUT2D eigenvalue weighted by Crippen LogP contribution is -2.11. The molecule has 0 saturated heterocycles. The van der Waals surface area contributed by atoms with E-state index < -0.39 is 5.97 Å². The van der Waals surface area contributed by atoms with Crippen LogP contribution in [0.4, 0.5) is 0 Å². The van der Waals surface area contributed by atoms with Gasteiger partial charge in [0.15, 0.2) is 0 Å². The molecule has 0 heterocycles. The molecular weight excluding hydrogens is 276 g/mol. The van der Waals surface area contributed by atoms with E-state index in [-0.39, 0.29) is 17.8 Å². The first kappa shape index (κ1) is 14.9. The number of thioether (sulfide) groups is 1. The van der Waals surface area contributed by atoms with Gasteiger partial charge in [0, 0.05) is 5.75 Å². The summed E-state index contributed by atoms with van der Waals surface area (Å²) < 4.78 is 4.65. The number of ether oxygens (including phenoxy) is 1. The Morgan fingerprint density at radius 3 is 2.45 bits per heavy atom. The standard InChI is InChI=1S/C15H18O4S/c1-19-14(18)12-4-2-11(3-5-12)9-20-10-15(6-7-15)8-13(16)17/h2-5H,6-10H2,1H3,(H,16,17). The van der Waals surface area contributed by atoms with Gasteiger partial charge in [-0.05, 0) is 41.7 Å². The van der Waals surface area contributed by atoms with Gasteiger partial charge in [-0.1, -0.05) is 12.1 Å². The van der Waals surface area contributed by atoms with E-state index in [2.05, 4.69) is 4.74 Å². The van der Waals surface area contributed by atoms with E-state index in [0.717, 1.165) is 29.9 Å². The molecule has 1 N–H and O–H groups in total. The first-order chi connectivity index (χ1) is 9.54. The zero-order valence-electron chi connectivity index (χ0n) is 11.4. The third kappa shape index (κ3) is 4.00. The first-order valence-electron chi connectivity index (χ1n) is 6.51. The molecule has 5 heteroatoms. The molecule has 0 atom stereocenters. The fraction of sp³-hybridized carbons (Fsp3) is 0.467. The summed E-state index contributed by atoms with van der Waals surface area (Å²) >= 11 is 1.76. The highest BCUT2D eigenvalue weighted by Crippen LogP contribution is 2.51. The van der Waals surface area contributed by atoms with Crippen LogP contribution in [0.3, 0.4) is 0 Å². The van der Waals surface area contributed by atoms with Gasteiger partial charge in [-0.3, -0.25) is 4.79 Å². The summed E-state index contributed by atoms with van der Waals surface area (Å²) in [4.78, 5) is 22.1. The third-order valence-corrected chi connectivity index (χ3v) is 4.89. The number of carbonyl (C=O) groups excluding carboxylic acids is 1. The number of hydrogen-bond acceptors (Lipinski definition) is 4. The molecule has 0 spiro atoms. The van der Waals surface area contributed by atoms with Crippen molar-refractivity contribution in [1.82, 2.24) is 0 Å². The maximum absolute atomic E-state index is 11.3. The van der Waals surface area contributed by atoms with Crippen molar-refractivity contribution in [2.24, 2.45) is 5.41 Å². The molecule has 20 heavy (non-hydrogen) atoms. The second-order valence-corrected chi connectivity index (χ2v) is 6.24. The number of aliphatic carboxylic acids is 1. The molecule has 108 valence electrons. The minimum atomic E-state index is -0.703. The molecule has 4 nitrogen and oxygen atoms in total. The average molecular weight is 294 g/mol. The SMILES string of the molecule is COC(=O)c1ccc(CSCC2(CC(=O)O)CC2)cc1. The van der Waals surface area contributed by atoms with Crippen molar-refractivity contribution < 1.29 is 19.4 Å².